The second-order valence-electron chi connectivity index (χ2n) is 3.93. The molecule has 0 bridgehead atoms. The maximum absolute atomic E-state index is 11.8. The molecule has 0 radical (unpaired) electrons. The van der Waals surface area contributed by atoms with E-state index < -0.39 is 5.54 Å². The number of carbonyl (C=O) groups excluding carboxylic acids is 1. The number of aliphatic hydroxyl groups is 1. The van der Waals surface area contributed by atoms with Crippen LogP contribution in [0.4, 0.5) is 0 Å². The van der Waals surface area contributed by atoms with E-state index >= 15 is 0 Å². The molecule has 15 heavy (non-hydrogen) atoms. The molecule has 5 nitrogen and oxygen atoms in total. The molecule has 1 heterocycles. The van der Waals surface area contributed by atoms with E-state index in [9.17, 15) is 9.90 Å². The molecule has 6 heteroatoms. The third-order valence-electron chi connectivity index (χ3n) is 2.85. The number of aliphatic hydroxyl groups excluding tert-OH is 1. The highest BCUT2D eigenvalue weighted by atomic mass is 32.1. The van der Waals surface area contributed by atoms with Crippen LogP contribution in [0.25, 0.3) is 0 Å². The van der Waals surface area contributed by atoms with Crippen LogP contribution in [0.15, 0.2) is 0 Å². The Kier molecular flexibility index (Phi) is 2.70. The van der Waals surface area contributed by atoms with Crippen molar-refractivity contribution in [1.82, 2.24) is 14.9 Å². The van der Waals surface area contributed by atoms with Crippen LogP contribution in [-0.2, 0) is 0 Å². The van der Waals surface area contributed by atoms with Gasteiger partial charge in [-0.1, -0.05) is 4.49 Å². The van der Waals surface area contributed by atoms with Gasteiger partial charge in [-0.3, -0.25) is 4.79 Å². The zero-order chi connectivity index (χ0) is 10.9. The van der Waals surface area contributed by atoms with E-state index in [4.69, 9.17) is 0 Å². The van der Waals surface area contributed by atoms with Gasteiger partial charge < -0.3 is 10.4 Å². The van der Waals surface area contributed by atoms with E-state index in [0.717, 1.165) is 30.8 Å². The SMILES string of the molecule is Cc1nnsc1C(=O)NC1(CO)CCC1. The van der Waals surface area contributed by atoms with Gasteiger partial charge in [0.05, 0.1) is 17.8 Å². The summed E-state index contributed by atoms with van der Waals surface area (Å²) in [6, 6.07) is 0. The predicted molar refractivity (Wildman–Crippen MR) is 55.8 cm³/mol. The molecule has 0 saturated heterocycles. The van der Waals surface area contributed by atoms with Crippen LogP contribution in [0, 0.1) is 6.92 Å². The lowest BCUT2D eigenvalue weighted by atomic mass is 9.77. The highest BCUT2D eigenvalue weighted by molar-refractivity contribution is 7.08. The Labute approximate surface area is 91.7 Å². The van der Waals surface area contributed by atoms with Gasteiger partial charge >= 0.3 is 0 Å². The minimum Gasteiger partial charge on any atom is -0.394 e. The summed E-state index contributed by atoms with van der Waals surface area (Å²) in [4.78, 5) is 12.3. The van der Waals surface area contributed by atoms with Crippen molar-refractivity contribution < 1.29 is 9.90 Å². The number of hydrogen-bond acceptors (Lipinski definition) is 5. The summed E-state index contributed by atoms with van der Waals surface area (Å²) in [5.41, 5.74) is 0.248. The molecule has 1 amide bonds. The molecule has 0 aromatic carbocycles. The van der Waals surface area contributed by atoms with Crippen LogP contribution >= 0.6 is 11.5 Å². The first kappa shape index (κ1) is 10.5. The van der Waals surface area contributed by atoms with Crippen molar-refractivity contribution in [2.75, 3.05) is 6.61 Å². The van der Waals surface area contributed by atoms with Gasteiger partial charge in [0.2, 0.25) is 0 Å². The highest BCUT2D eigenvalue weighted by Crippen LogP contribution is 2.31. The van der Waals surface area contributed by atoms with Crippen LogP contribution < -0.4 is 5.32 Å². The molecular formula is C9H13N3O2S. The summed E-state index contributed by atoms with van der Waals surface area (Å²) >= 11 is 1.09. The van der Waals surface area contributed by atoms with E-state index in [1.807, 2.05) is 0 Å². The lowest BCUT2D eigenvalue weighted by Gasteiger charge is -2.40. The monoisotopic (exact) mass is 227 g/mol. The Morgan fingerprint density at radius 3 is 2.80 bits per heavy atom. The molecule has 1 aliphatic carbocycles. The van der Waals surface area contributed by atoms with Crippen LogP contribution in [0.3, 0.4) is 0 Å². The van der Waals surface area contributed by atoms with Crippen LogP contribution in [0.5, 0.6) is 0 Å². The average Bonchev–Trinajstić information content (AvgIpc) is 2.58. The van der Waals surface area contributed by atoms with Gasteiger partial charge in [-0.05, 0) is 37.7 Å². The molecule has 1 aromatic rings. The van der Waals surface area contributed by atoms with Crippen molar-refractivity contribution >= 4 is 17.4 Å². The zero-order valence-corrected chi connectivity index (χ0v) is 9.30. The topological polar surface area (TPSA) is 75.1 Å². The number of aromatic nitrogens is 2. The van der Waals surface area contributed by atoms with E-state index in [1.165, 1.54) is 0 Å². The molecular weight excluding hydrogens is 214 g/mol. The van der Waals surface area contributed by atoms with Crippen LogP contribution in [0.2, 0.25) is 0 Å². The average molecular weight is 227 g/mol. The Balaban J connectivity index is 2.07. The second kappa shape index (κ2) is 3.86. The number of hydrogen-bond donors (Lipinski definition) is 2. The molecule has 1 aliphatic rings. The second-order valence-corrected chi connectivity index (χ2v) is 4.69. The van der Waals surface area contributed by atoms with Gasteiger partial charge in [-0.15, -0.1) is 5.10 Å². The van der Waals surface area contributed by atoms with E-state index in [-0.39, 0.29) is 12.5 Å². The van der Waals surface area contributed by atoms with Gasteiger partial charge in [0.25, 0.3) is 5.91 Å². The van der Waals surface area contributed by atoms with E-state index in [2.05, 4.69) is 14.9 Å². The molecule has 1 saturated carbocycles. The Morgan fingerprint density at radius 1 is 1.67 bits per heavy atom. The summed E-state index contributed by atoms with van der Waals surface area (Å²) in [6.07, 6.45) is 2.75. The summed E-state index contributed by atoms with van der Waals surface area (Å²) in [5, 5.41) is 15.9. The lowest BCUT2D eigenvalue weighted by molar-refractivity contribution is 0.0644. The van der Waals surface area contributed by atoms with Gasteiger partial charge in [0, 0.05) is 0 Å². The minimum absolute atomic E-state index is 0.00399. The highest BCUT2D eigenvalue weighted by Gasteiger charge is 2.38. The Morgan fingerprint density at radius 2 is 2.40 bits per heavy atom. The fourth-order valence-corrected chi connectivity index (χ4v) is 2.22. The standard InChI is InChI=1S/C9H13N3O2S/c1-6-7(15-12-11-6)8(14)10-9(5-13)3-2-4-9/h13H,2-5H2,1H3,(H,10,14). The molecule has 0 aliphatic heterocycles. The predicted octanol–water partition coefficient (Wildman–Crippen LogP) is 0.491. The molecule has 0 atom stereocenters. The third-order valence-corrected chi connectivity index (χ3v) is 3.68. The fourth-order valence-electron chi connectivity index (χ4n) is 1.66. The Hall–Kier alpha value is -1.01. The summed E-state index contributed by atoms with van der Waals surface area (Å²) in [7, 11) is 0. The number of amides is 1. The van der Waals surface area contributed by atoms with Gasteiger partial charge in [0.1, 0.15) is 4.88 Å². The molecule has 2 N–H and O–H groups in total. The maximum atomic E-state index is 11.8. The quantitative estimate of drug-likeness (QED) is 0.788. The first-order valence-electron chi connectivity index (χ1n) is 4.89. The number of nitrogens with zero attached hydrogens (tertiary/aromatic N) is 2. The molecule has 0 unspecified atom stereocenters. The zero-order valence-electron chi connectivity index (χ0n) is 8.49. The summed E-state index contributed by atoms with van der Waals surface area (Å²) < 4.78 is 3.71. The molecule has 1 fully saturated rings. The Bertz CT molecular complexity index is 368. The number of rotatable bonds is 3. The number of nitrogens with one attached hydrogen (secondary N) is 1. The fraction of sp³-hybridized carbons (Fsp3) is 0.667. The maximum Gasteiger partial charge on any atom is 0.265 e. The van der Waals surface area contributed by atoms with Crippen molar-refractivity contribution in [3.8, 4) is 0 Å². The minimum atomic E-state index is -0.395. The van der Waals surface area contributed by atoms with Crippen molar-refractivity contribution in [2.24, 2.45) is 0 Å². The van der Waals surface area contributed by atoms with Gasteiger partial charge in [-0.25, -0.2) is 0 Å². The van der Waals surface area contributed by atoms with Crippen molar-refractivity contribution in [1.29, 1.82) is 0 Å². The number of aryl methyl sites for hydroxylation is 1. The summed E-state index contributed by atoms with van der Waals surface area (Å²) in [6.45, 7) is 1.76. The third kappa shape index (κ3) is 1.87. The van der Waals surface area contributed by atoms with Crippen molar-refractivity contribution in [2.45, 2.75) is 31.7 Å². The summed E-state index contributed by atoms with van der Waals surface area (Å²) in [5.74, 6) is -0.170. The molecule has 0 spiro atoms. The molecule has 82 valence electrons. The van der Waals surface area contributed by atoms with Crippen LogP contribution in [0.1, 0.15) is 34.6 Å². The van der Waals surface area contributed by atoms with E-state index in [1.54, 1.807) is 6.92 Å². The molecule has 2 rings (SSSR count). The van der Waals surface area contributed by atoms with Gasteiger partial charge in [-0.2, -0.15) is 0 Å². The smallest absolute Gasteiger partial charge is 0.265 e. The molecule has 1 aromatic heterocycles. The normalized spacial score (nSPS) is 18.3. The van der Waals surface area contributed by atoms with Crippen molar-refractivity contribution in [3.05, 3.63) is 10.6 Å². The van der Waals surface area contributed by atoms with Crippen molar-refractivity contribution in [3.63, 3.8) is 0 Å². The van der Waals surface area contributed by atoms with E-state index in [0.29, 0.717) is 10.6 Å². The largest absolute Gasteiger partial charge is 0.394 e. The van der Waals surface area contributed by atoms with Gasteiger partial charge in [0.15, 0.2) is 0 Å². The first-order chi connectivity index (χ1) is 7.17. The lowest BCUT2D eigenvalue weighted by Crippen LogP contribution is -2.56. The first-order valence-corrected chi connectivity index (χ1v) is 5.66. The number of carbonyl (C=O) groups is 1. The van der Waals surface area contributed by atoms with Crippen LogP contribution in [-0.4, -0.2) is 32.7 Å².